The normalized spacial score (nSPS) is 11.3. The lowest BCUT2D eigenvalue weighted by Gasteiger charge is -2.22. The number of hydrogen-bond donors (Lipinski definition) is 0. The highest BCUT2D eigenvalue weighted by atomic mass is 16.5. The lowest BCUT2D eigenvalue weighted by molar-refractivity contribution is 0.0601. The minimum Gasteiger partial charge on any atom is -0.465 e. The third-order valence-electron chi connectivity index (χ3n) is 5.92. The molecular formula is C26H23N3O3. The molecule has 0 aliphatic carbocycles. The molecule has 0 spiro atoms. The number of hydrogen-bond acceptors (Lipinski definition) is 6. The van der Waals surface area contributed by atoms with Gasteiger partial charge in [-0.3, -0.25) is 0 Å². The van der Waals surface area contributed by atoms with E-state index in [0.717, 1.165) is 57.3 Å². The number of anilines is 1. The lowest BCUT2D eigenvalue weighted by Crippen LogP contribution is -2.21. The van der Waals surface area contributed by atoms with E-state index in [2.05, 4.69) is 46.9 Å². The zero-order valence-corrected chi connectivity index (χ0v) is 18.3. The molecule has 0 saturated heterocycles. The van der Waals surface area contributed by atoms with Gasteiger partial charge in [0.25, 0.3) is 0 Å². The van der Waals surface area contributed by atoms with Crippen molar-refractivity contribution in [2.24, 2.45) is 0 Å². The van der Waals surface area contributed by atoms with Gasteiger partial charge in [0, 0.05) is 47.2 Å². The van der Waals surface area contributed by atoms with Gasteiger partial charge in [-0.05, 0) is 43.7 Å². The van der Waals surface area contributed by atoms with Gasteiger partial charge in [0.1, 0.15) is 17.5 Å². The van der Waals surface area contributed by atoms with Gasteiger partial charge in [-0.15, -0.1) is 0 Å². The SMILES string of the molecule is CCN(CC)c1ccc2c(-c3ccccc3C(=O)OC)c3cc4ncnc4cc3oc2c1. The Bertz CT molecular complexity index is 1470. The van der Waals surface area contributed by atoms with Crippen molar-refractivity contribution in [2.75, 3.05) is 25.1 Å². The molecule has 0 N–H and O–H groups in total. The van der Waals surface area contributed by atoms with E-state index < -0.39 is 0 Å². The second kappa shape index (κ2) is 7.96. The Kier molecular flexibility index (Phi) is 4.98. The minimum absolute atomic E-state index is 0.378. The Morgan fingerprint density at radius 1 is 0.938 bits per heavy atom. The van der Waals surface area contributed by atoms with Crippen LogP contribution in [0.15, 0.2) is 65.3 Å². The van der Waals surface area contributed by atoms with Crippen LogP contribution in [0, 0.1) is 0 Å². The molecule has 6 nitrogen and oxygen atoms in total. The third-order valence-corrected chi connectivity index (χ3v) is 5.92. The minimum atomic E-state index is -0.378. The molecule has 0 unspecified atom stereocenters. The number of carbonyl (C=O) groups excluding carboxylic acids is 1. The summed E-state index contributed by atoms with van der Waals surface area (Å²) in [4.78, 5) is 23.6. The fourth-order valence-corrected chi connectivity index (χ4v) is 4.33. The first-order chi connectivity index (χ1) is 15.6. The number of esters is 1. The van der Waals surface area contributed by atoms with Crippen LogP contribution < -0.4 is 4.90 Å². The molecule has 32 heavy (non-hydrogen) atoms. The van der Waals surface area contributed by atoms with Crippen LogP contribution in [-0.2, 0) is 4.74 Å². The summed E-state index contributed by atoms with van der Waals surface area (Å²) in [5.74, 6) is -0.378. The molecule has 2 aromatic heterocycles. The van der Waals surface area contributed by atoms with Crippen LogP contribution >= 0.6 is 0 Å². The molecule has 0 amide bonds. The van der Waals surface area contributed by atoms with Crippen molar-refractivity contribution < 1.29 is 13.9 Å². The average Bonchev–Trinajstić information content (AvgIpc) is 3.28. The molecule has 0 saturated carbocycles. The van der Waals surface area contributed by atoms with Crippen molar-refractivity contribution >= 4 is 44.6 Å². The second-order valence-corrected chi connectivity index (χ2v) is 7.58. The van der Waals surface area contributed by atoms with E-state index >= 15 is 0 Å². The summed E-state index contributed by atoms with van der Waals surface area (Å²) in [6.07, 6.45) is 1.55. The zero-order valence-electron chi connectivity index (χ0n) is 18.3. The van der Waals surface area contributed by atoms with E-state index in [1.54, 1.807) is 12.4 Å². The third kappa shape index (κ3) is 3.15. The zero-order chi connectivity index (χ0) is 22.2. The molecule has 2 heterocycles. The largest absolute Gasteiger partial charge is 0.465 e. The molecule has 5 rings (SSSR count). The molecule has 0 fully saturated rings. The maximum absolute atomic E-state index is 12.6. The highest BCUT2D eigenvalue weighted by Gasteiger charge is 2.20. The van der Waals surface area contributed by atoms with E-state index in [1.807, 2.05) is 30.3 Å². The molecule has 0 radical (unpaired) electrons. The highest BCUT2D eigenvalue weighted by Crippen LogP contribution is 2.40. The summed E-state index contributed by atoms with van der Waals surface area (Å²) in [6, 6.07) is 17.6. The van der Waals surface area contributed by atoms with Crippen LogP contribution in [0.5, 0.6) is 0 Å². The molecule has 0 atom stereocenters. The number of ether oxygens (including phenoxy) is 1. The number of methoxy groups -OCH3 is 1. The average molecular weight is 425 g/mol. The molecule has 0 aliphatic rings. The highest BCUT2D eigenvalue weighted by molar-refractivity contribution is 6.14. The van der Waals surface area contributed by atoms with Crippen LogP contribution in [-0.4, -0.2) is 36.1 Å². The first-order valence-electron chi connectivity index (χ1n) is 10.7. The second-order valence-electron chi connectivity index (χ2n) is 7.58. The van der Waals surface area contributed by atoms with E-state index in [0.29, 0.717) is 11.1 Å². The lowest BCUT2D eigenvalue weighted by atomic mass is 9.93. The molecule has 5 aromatic rings. The Hall–Kier alpha value is -3.93. The van der Waals surface area contributed by atoms with Crippen LogP contribution in [0.1, 0.15) is 24.2 Å². The maximum atomic E-state index is 12.6. The Labute approximate surface area is 185 Å². The van der Waals surface area contributed by atoms with Crippen LogP contribution in [0.3, 0.4) is 0 Å². The van der Waals surface area contributed by atoms with E-state index in [1.165, 1.54) is 7.11 Å². The monoisotopic (exact) mass is 425 g/mol. The molecule has 160 valence electrons. The van der Waals surface area contributed by atoms with Crippen molar-refractivity contribution in [2.45, 2.75) is 13.8 Å². The van der Waals surface area contributed by atoms with Gasteiger partial charge in [0.15, 0.2) is 0 Å². The number of rotatable bonds is 5. The summed E-state index contributed by atoms with van der Waals surface area (Å²) in [7, 11) is 1.40. The first-order valence-corrected chi connectivity index (χ1v) is 10.7. The van der Waals surface area contributed by atoms with E-state index in [9.17, 15) is 4.79 Å². The van der Waals surface area contributed by atoms with Gasteiger partial charge in [-0.1, -0.05) is 18.2 Å². The smallest absolute Gasteiger partial charge is 0.338 e. The Morgan fingerprint density at radius 3 is 2.41 bits per heavy atom. The number of imidazole rings is 1. The summed E-state index contributed by atoms with van der Waals surface area (Å²) < 4.78 is 11.5. The van der Waals surface area contributed by atoms with Crippen LogP contribution in [0.4, 0.5) is 5.69 Å². The molecular weight excluding hydrogens is 402 g/mol. The van der Waals surface area contributed by atoms with E-state index in [4.69, 9.17) is 9.15 Å². The topological polar surface area (TPSA) is 68.5 Å². The Morgan fingerprint density at radius 2 is 1.66 bits per heavy atom. The van der Waals surface area contributed by atoms with Gasteiger partial charge in [0.2, 0.25) is 0 Å². The van der Waals surface area contributed by atoms with Gasteiger partial charge >= 0.3 is 5.97 Å². The van der Waals surface area contributed by atoms with Crippen molar-refractivity contribution in [1.82, 2.24) is 9.97 Å². The van der Waals surface area contributed by atoms with Gasteiger partial charge in [0.05, 0.1) is 23.7 Å². The predicted octanol–water partition coefficient (Wildman–Crippen LogP) is 5.83. The fraction of sp³-hybridized carbons (Fsp3) is 0.192. The maximum Gasteiger partial charge on any atom is 0.338 e. The standard InChI is InChI=1S/C26H23N3O3/c1-4-29(5-2)16-10-11-19-23(12-16)32-24-14-22-21(27-15-28-22)13-20(24)25(19)17-8-6-7-9-18(17)26(30)31-3/h6-15H,4-5H2,1-3H3. The Balaban J connectivity index is 1.91. The van der Waals surface area contributed by atoms with Crippen molar-refractivity contribution in [1.29, 1.82) is 0 Å². The molecule has 3 aromatic carbocycles. The van der Waals surface area contributed by atoms with Gasteiger partial charge in [-0.2, -0.15) is 0 Å². The van der Waals surface area contributed by atoms with Crippen molar-refractivity contribution in [3.63, 3.8) is 0 Å². The van der Waals surface area contributed by atoms with Crippen LogP contribution in [0.25, 0.3) is 44.1 Å². The number of carbonyl (C=O) groups is 1. The number of nitrogens with zero attached hydrogens (tertiary/aromatic N) is 3. The summed E-state index contributed by atoms with van der Waals surface area (Å²) >= 11 is 0. The summed E-state index contributed by atoms with van der Waals surface area (Å²) in [5, 5.41) is 1.79. The molecule has 0 aliphatic heterocycles. The quantitative estimate of drug-likeness (QED) is 0.261. The molecule has 0 bridgehead atoms. The van der Waals surface area contributed by atoms with Crippen molar-refractivity contribution in [3.8, 4) is 11.1 Å². The molecule has 6 heteroatoms. The summed E-state index contributed by atoms with van der Waals surface area (Å²) in [6.45, 7) is 6.07. The summed E-state index contributed by atoms with van der Waals surface area (Å²) in [5.41, 5.74) is 6.29. The van der Waals surface area contributed by atoms with Gasteiger partial charge < -0.3 is 14.1 Å². The number of benzene rings is 3. The first kappa shape index (κ1) is 20.0. The fourth-order valence-electron chi connectivity index (χ4n) is 4.33. The van der Waals surface area contributed by atoms with Gasteiger partial charge in [-0.25, -0.2) is 14.8 Å². The predicted molar refractivity (Wildman–Crippen MR) is 127 cm³/mol. The number of aromatic nitrogens is 2. The van der Waals surface area contributed by atoms with E-state index in [-0.39, 0.29) is 5.97 Å². The van der Waals surface area contributed by atoms with Crippen LogP contribution in [0.2, 0.25) is 0 Å². The van der Waals surface area contributed by atoms with Crippen molar-refractivity contribution in [3.05, 3.63) is 66.5 Å². The number of fused-ring (bicyclic) bond motifs is 3.